The molecule has 1 aromatic carbocycles. The van der Waals surface area contributed by atoms with Crippen molar-refractivity contribution < 1.29 is 8.42 Å². The molecular formula is C12H19IN2O2S. The zero-order valence-corrected chi connectivity index (χ0v) is 13.4. The second-order valence-corrected chi connectivity index (χ2v) is 7.87. The molecule has 0 aliphatic carbocycles. The Balaban J connectivity index is 2.58. The van der Waals surface area contributed by atoms with E-state index in [1.54, 1.807) is 6.92 Å². The lowest BCUT2D eigenvalue weighted by Gasteiger charge is -2.16. The van der Waals surface area contributed by atoms with Gasteiger partial charge in [0.15, 0.2) is 0 Å². The summed E-state index contributed by atoms with van der Waals surface area (Å²) in [7, 11) is -2.88. The van der Waals surface area contributed by atoms with Gasteiger partial charge in [-0.2, -0.15) is 0 Å². The first kappa shape index (κ1) is 15.9. The summed E-state index contributed by atoms with van der Waals surface area (Å²) in [5, 5.41) is 0. The minimum absolute atomic E-state index is 0.00627. The summed E-state index contributed by atoms with van der Waals surface area (Å²) in [5.41, 5.74) is 3.85. The lowest BCUT2D eigenvalue weighted by atomic mass is 10.0. The first-order valence-electron chi connectivity index (χ1n) is 5.90. The minimum atomic E-state index is -2.88. The third-order valence-electron chi connectivity index (χ3n) is 2.84. The van der Waals surface area contributed by atoms with Crippen LogP contribution in [0.2, 0.25) is 0 Å². The molecule has 0 aliphatic rings. The number of hydrazine groups is 1. The molecule has 1 atom stereocenters. The zero-order chi connectivity index (χ0) is 13.6. The van der Waals surface area contributed by atoms with Gasteiger partial charge in [0, 0.05) is 15.4 Å². The summed E-state index contributed by atoms with van der Waals surface area (Å²) in [5.74, 6) is 5.97. The van der Waals surface area contributed by atoms with Crippen LogP contribution in [0.5, 0.6) is 0 Å². The number of hydrogen-bond acceptors (Lipinski definition) is 4. The van der Waals surface area contributed by atoms with Crippen molar-refractivity contribution in [2.24, 2.45) is 5.84 Å². The molecule has 4 nitrogen and oxygen atoms in total. The summed E-state index contributed by atoms with van der Waals surface area (Å²) in [6, 6.07) is 8.05. The molecule has 0 aliphatic heterocycles. The highest BCUT2D eigenvalue weighted by Crippen LogP contribution is 2.20. The van der Waals surface area contributed by atoms with E-state index in [-0.39, 0.29) is 17.5 Å². The van der Waals surface area contributed by atoms with Crippen molar-refractivity contribution in [1.82, 2.24) is 5.43 Å². The van der Waals surface area contributed by atoms with Crippen LogP contribution in [0.1, 0.15) is 31.4 Å². The maximum absolute atomic E-state index is 11.4. The predicted octanol–water partition coefficient (Wildman–Crippen LogP) is 2.01. The van der Waals surface area contributed by atoms with Crippen LogP contribution >= 0.6 is 22.6 Å². The maximum Gasteiger partial charge on any atom is 0.150 e. The van der Waals surface area contributed by atoms with E-state index in [0.717, 1.165) is 15.6 Å². The van der Waals surface area contributed by atoms with Gasteiger partial charge < -0.3 is 0 Å². The molecule has 0 saturated heterocycles. The van der Waals surface area contributed by atoms with Crippen LogP contribution in [0.25, 0.3) is 0 Å². The third kappa shape index (κ3) is 5.21. The van der Waals surface area contributed by atoms with Crippen LogP contribution in [0.15, 0.2) is 24.3 Å². The standard InChI is InChI=1S/C12H19IN2O2S/c1-2-18(16,17)8-4-7-12(15-14)10-5-3-6-11(13)9-10/h3,5-6,9,12,15H,2,4,7-8,14H2,1H3. The average molecular weight is 382 g/mol. The SMILES string of the molecule is CCS(=O)(=O)CCCC(NN)c1cccc(I)c1. The van der Waals surface area contributed by atoms with E-state index in [9.17, 15) is 8.42 Å². The second-order valence-electron chi connectivity index (χ2n) is 4.15. The topological polar surface area (TPSA) is 72.2 Å². The van der Waals surface area contributed by atoms with Crippen molar-refractivity contribution in [3.8, 4) is 0 Å². The summed E-state index contributed by atoms with van der Waals surface area (Å²) >= 11 is 2.25. The quantitative estimate of drug-likeness (QED) is 0.430. The highest BCUT2D eigenvalue weighted by atomic mass is 127. The monoisotopic (exact) mass is 382 g/mol. The molecule has 3 N–H and O–H groups in total. The van der Waals surface area contributed by atoms with Crippen molar-refractivity contribution in [3.05, 3.63) is 33.4 Å². The summed E-state index contributed by atoms with van der Waals surface area (Å²) in [4.78, 5) is 0. The van der Waals surface area contributed by atoms with Crippen LogP contribution < -0.4 is 11.3 Å². The number of rotatable bonds is 7. The minimum Gasteiger partial charge on any atom is -0.271 e. The van der Waals surface area contributed by atoms with Crippen LogP contribution in [0.3, 0.4) is 0 Å². The highest BCUT2D eigenvalue weighted by molar-refractivity contribution is 14.1. The number of halogens is 1. The van der Waals surface area contributed by atoms with Crippen molar-refractivity contribution in [2.75, 3.05) is 11.5 Å². The maximum atomic E-state index is 11.4. The van der Waals surface area contributed by atoms with Gasteiger partial charge in [0.05, 0.1) is 5.75 Å². The molecule has 0 radical (unpaired) electrons. The van der Waals surface area contributed by atoms with Crippen molar-refractivity contribution in [2.45, 2.75) is 25.8 Å². The second kappa shape index (κ2) is 7.42. The highest BCUT2D eigenvalue weighted by Gasteiger charge is 2.12. The Morgan fingerprint density at radius 3 is 2.72 bits per heavy atom. The smallest absolute Gasteiger partial charge is 0.150 e. The molecule has 0 aromatic heterocycles. The van der Waals surface area contributed by atoms with E-state index < -0.39 is 9.84 Å². The fraction of sp³-hybridized carbons (Fsp3) is 0.500. The molecular weight excluding hydrogens is 363 g/mol. The number of nitrogens with one attached hydrogen (secondary N) is 1. The number of benzene rings is 1. The number of sulfone groups is 1. The van der Waals surface area contributed by atoms with Gasteiger partial charge in [-0.05, 0) is 53.1 Å². The summed E-state index contributed by atoms with van der Waals surface area (Å²) in [6.45, 7) is 1.67. The summed E-state index contributed by atoms with van der Waals surface area (Å²) in [6.07, 6.45) is 1.34. The normalized spacial score (nSPS) is 13.5. The molecule has 0 spiro atoms. The Morgan fingerprint density at radius 1 is 1.44 bits per heavy atom. The van der Waals surface area contributed by atoms with Gasteiger partial charge in [-0.25, -0.2) is 8.42 Å². The van der Waals surface area contributed by atoms with Crippen LogP contribution in [0.4, 0.5) is 0 Å². The Morgan fingerprint density at radius 2 is 2.17 bits per heavy atom. The van der Waals surface area contributed by atoms with E-state index in [4.69, 9.17) is 5.84 Å². The fourth-order valence-electron chi connectivity index (χ4n) is 1.72. The Labute approximate surface area is 122 Å². The molecule has 0 heterocycles. The molecule has 1 rings (SSSR count). The third-order valence-corrected chi connectivity index (χ3v) is 5.30. The molecule has 1 aromatic rings. The lowest BCUT2D eigenvalue weighted by Crippen LogP contribution is -2.28. The van der Waals surface area contributed by atoms with Crippen LogP contribution in [-0.2, 0) is 9.84 Å². The van der Waals surface area contributed by atoms with E-state index in [1.165, 1.54) is 0 Å². The van der Waals surface area contributed by atoms with Gasteiger partial charge in [-0.3, -0.25) is 11.3 Å². The fourth-order valence-corrected chi connectivity index (χ4v) is 3.18. The summed E-state index contributed by atoms with van der Waals surface area (Å²) < 4.78 is 24.0. The lowest BCUT2D eigenvalue weighted by molar-refractivity contribution is 0.507. The Bertz CT molecular complexity index is 477. The van der Waals surface area contributed by atoms with Crippen molar-refractivity contribution >= 4 is 32.4 Å². The van der Waals surface area contributed by atoms with Gasteiger partial charge in [-0.15, -0.1) is 0 Å². The van der Waals surface area contributed by atoms with Gasteiger partial charge in [0.25, 0.3) is 0 Å². The molecule has 18 heavy (non-hydrogen) atoms. The van der Waals surface area contributed by atoms with Gasteiger partial charge in [-0.1, -0.05) is 19.1 Å². The van der Waals surface area contributed by atoms with E-state index in [0.29, 0.717) is 6.42 Å². The van der Waals surface area contributed by atoms with Gasteiger partial charge in [0.1, 0.15) is 9.84 Å². The van der Waals surface area contributed by atoms with Crippen molar-refractivity contribution in [1.29, 1.82) is 0 Å². The molecule has 102 valence electrons. The number of hydrogen-bond donors (Lipinski definition) is 2. The zero-order valence-electron chi connectivity index (χ0n) is 10.4. The first-order chi connectivity index (χ1) is 8.48. The van der Waals surface area contributed by atoms with Crippen LogP contribution in [-0.4, -0.2) is 19.9 Å². The average Bonchev–Trinajstić information content (AvgIpc) is 2.34. The van der Waals surface area contributed by atoms with Gasteiger partial charge >= 0.3 is 0 Å². The molecule has 1 unspecified atom stereocenters. The molecule has 0 fully saturated rings. The van der Waals surface area contributed by atoms with E-state index in [2.05, 4.69) is 34.1 Å². The Kier molecular flexibility index (Phi) is 6.54. The van der Waals surface area contributed by atoms with Gasteiger partial charge in [0.2, 0.25) is 0 Å². The van der Waals surface area contributed by atoms with E-state index >= 15 is 0 Å². The molecule has 6 heteroatoms. The molecule has 0 amide bonds. The van der Waals surface area contributed by atoms with Crippen LogP contribution in [0, 0.1) is 3.57 Å². The molecule has 0 bridgehead atoms. The largest absolute Gasteiger partial charge is 0.271 e. The van der Waals surface area contributed by atoms with Crippen molar-refractivity contribution in [3.63, 3.8) is 0 Å². The predicted molar refractivity (Wildman–Crippen MR) is 82.8 cm³/mol. The first-order valence-corrected chi connectivity index (χ1v) is 8.80. The number of nitrogens with two attached hydrogens (primary N) is 1. The molecule has 0 saturated carbocycles. The van der Waals surface area contributed by atoms with E-state index in [1.807, 2.05) is 18.2 Å². The Hall–Kier alpha value is -0.180.